The maximum absolute atomic E-state index is 12.0. The summed E-state index contributed by atoms with van der Waals surface area (Å²) in [6, 6.07) is 11.8. The maximum Gasteiger partial charge on any atom is 0.352 e. The molecular formula is C19H19BrCl2O5. The molecule has 0 bridgehead atoms. The van der Waals surface area contributed by atoms with Gasteiger partial charge in [0.05, 0.1) is 11.8 Å². The molecule has 0 saturated carbocycles. The van der Waals surface area contributed by atoms with Crippen LogP contribution in [0.2, 0.25) is 0 Å². The van der Waals surface area contributed by atoms with E-state index >= 15 is 0 Å². The Morgan fingerprint density at radius 2 is 1.48 bits per heavy atom. The van der Waals surface area contributed by atoms with Crippen LogP contribution in [0.25, 0.3) is 0 Å². The van der Waals surface area contributed by atoms with Gasteiger partial charge in [0.2, 0.25) is 5.60 Å². The Labute approximate surface area is 176 Å². The SMILES string of the molecule is CC(Oc1cc(OCCCl)cc(OCCCl)c1)(C(=O)O)c1ccc(Br)cc1. The number of ether oxygens (including phenoxy) is 3. The van der Waals surface area contributed by atoms with E-state index in [0.29, 0.717) is 47.8 Å². The second-order valence-corrected chi connectivity index (χ2v) is 7.33. The molecule has 0 radical (unpaired) electrons. The fourth-order valence-corrected chi connectivity index (χ4v) is 2.73. The third-order valence-corrected chi connectivity index (χ3v) is 4.51. The van der Waals surface area contributed by atoms with E-state index in [-0.39, 0.29) is 0 Å². The van der Waals surface area contributed by atoms with Crippen LogP contribution in [0.1, 0.15) is 12.5 Å². The molecule has 0 saturated heterocycles. The van der Waals surface area contributed by atoms with E-state index in [9.17, 15) is 9.90 Å². The minimum Gasteiger partial charge on any atom is -0.492 e. The Kier molecular flexibility index (Phi) is 8.07. The molecule has 2 aromatic carbocycles. The molecule has 0 spiro atoms. The van der Waals surface area contributed by atoms with E-state index < -0.39 is 11.6 Å². The summed E-state index contributed by atoms with van der Waals surface area (Å²) in [6.45, 7) is 2.08. The first kappa shape index (κ1) is 21.7. The van der Waals surface area contributed by atoms with Crippen molar-refractivity contribution < 1.29 is 24.1 Å². The molecular weight excluding hydrogens is 459 g/mol. The fourth-order valence-electron chi connectivity index (χ4n) is 2.31. The van der Waals surface area contributed by atoms with Crippen LogP contribution in [0.15, 0.2) is 46.9 Å². The van der Waals surface area contributed by atoms with Gasteiger partial charge in [-0.25, -0.2) is 4.79 Å². The molecule has 5 nitrogen and oxygen atoms in total. The number of hydrogen-bond acceptors (Lipinski definition) is 4. The lowest BCUT2D eigenvalue weighted by atomic mass is 9.96. The molecule has 146 valence electrons. The molecule has 0 amide bonds. The van der Waals surface area contributed by atoms with Crippen molar-refractivity contribution in [3.63, 3.8) is 0 Å². The Morgan fingerprint density at radius 1 is 1.00 bits per heavy atom. The Morgan fingerprint density at radius 3 is 1.93 bits per heavy atom. The molecule has 0 heterocycles. The quantitative estimate of drug-likeness (QED) is 0.484. The zero-order valence-corrected chi connectivity index (χ0v) is 17.7. The van der Waals surface area contributed by atoms with Crippen LogP contribution in [0.5, 0.6) is 17.2 Å². The largest absolute Gasteiger partial charge is 0.492 e. The van der Waals surface area contributed by atoms with Crippen molar-refractivity contribution in [2.75, 3.05) is 25.0 Å². The smallest absolute Gasteiger partial charge is 0.352 e. The number of halogens is 3. The number of carboxylic acids is 1. The average molecular weight is 478 g/mol. The molecule has 27 heavy (non-hydrogen) atoms. The van der Waals surface area contributed by atoms with E-state index in [1.807, 2.05) is 0 Å². The van der Waals surface area contributed by atoms with Gasteiger partial charge >= 0.3 is 5.97 Å². The van der Waals surface area contributed by atoms with Crippen LogP contribution in [0.3, 0.4) is 0 Å². The van der Waals surface area contributed by atoms with Crippen LogP contribution in [0, 0.1) is 0 Å². The van der Waals surface area contributed by atoms with Crippen LogP contribution in [-0.2, 0) is 10.4 Å². The lowest BCUT2D eigenvalue weighted by Gasteiger charge is -2.27. The van der Waals surface area contributed by atoms with Gasteiger partial charge in [-0.2, -0.15) is 0 Å². The molecule has 0 aliphatic rings. The van der Waals surface area contributed by atoms with Crippen molar-refractivity contribution in [1.29, 1.82) is 0 Å². The zero-order valence-electron chi connectivity index (χ0n) is 14.6. The predicted octanol–water partition coefficient (Wildman–Crippen LogP) is 5.06. The van der Waals surface area contributed by atoms with Gasteiger partial charge in [-0.3, -0.25) is 0 Å². The lowest BCUT2D eigenvalue weighted by Crippen LogP contribution is -2.38. The van der Waals surface area contributed by atoms with Crippen LogP contribution < -0.4 is 14.2 Å². The number of hydrogen-bond donors (Lipinski definition) is 1. The fraction of sp³-hybridized carbons (Fsp3) is 0.316. The summed E-state index contributed by atoms with van der Waals surface area (Å²) >= 11 is 14.7. The number of rotatable bonds is 10. The van der Waals surface area contributed by atoms with Crippen LogP contribution in [-0.4, -0.2) is 36.0 Å². The highest BCUT2D eigenvalue weighted by Crippen LogP contribution is 2.34. The summed E-state index contributed by atoms with van der Waals surface area (Å²) in [5.41, 5.74) is -1.11. The molecule has 2 aromatic rings. The lowest BCUT2D eigenvalue weighted by molar-refractivity contribution is -0.154. The third kappa shape index (κ3) is 5.92. The molecule has 1 N–H and O–H groups in total. The summed E-state index contributed by atoms with van der Waals surface area (Å²) in [6.07, 6.45) is 0. The minimum atomic E-state index is -1.60. The number of carbonyl (C=O) groups is 1. The highest BCUT2D eigenvalue weighted by atomic mass is 79.9. The molecule has 8 heteroatoms. The summed E-state index contributed by atoms with van der Waals surface area (Å²) in [4.78, 5) is 12.0. The standard InChI is InChI=1S/C19H19BrCl2O5/c1-19(18(23)24,13-2-4-14(20)5-3-13)27-17-11-15(25-8-6-21)10-16(12-17)26-9-7-22/h2-5,10-12H,6-9H2,1H3,(H,23,24). The van der Waals surface area contributed by atoms with Crippen LogP contribution in [0.4, 0.5) is 0 Å². The first-order valence-corrected chi connectivity index (χ1v) is 9.96. The van der Waals surface area contributed by atoms with Gasteiger partial charge in [0.1, 0.15) is 30.5 Å². The van der Waals surface area contributed by atoms with Crippen molar-refractivity contribution >= 4 is 45.1 Å². The van der Waals surface area contributed by atoms with Crippen molar-refractivity contribution in [3.8, 4) is 17.2 Å². The molecule has 0 aliphatic carbocycles. The summed E-state index contributed by atoms with van der Waals surface area (Å²) in [5, 5.41) is 9.80. The first-order chi connectivity index (χ1) is 12.9. The molecule has 1 atom stereocenters. The number of benzene rings is 2. The van der Waals surface area contributed by atoms with E-state index in [1.165, 1.54) is 6.92 Å². The topological polar surface area (TPSA) is 65.0 Å². The van der Waals surface area contributed by atoms with Gasteiger partial charge in [-0.15, -0.1) is 23.2 Å². The molecule has 0 aromatic heterocycles. The van der Waals surface area contributed by atoms with Gasteiger partial charge in [0, 0.05) is 28.2 Å². The van der Waals surface area contributed by atoms with E-state index in [2.05, 4.69) is 15.9 Å². The average Bonchev–Trinajstić information content (AvgIpc) is 2.64. The van der Waals surface area contributed by atoms with Crippen LogP contribution >= 0.6 is 39.1 Å². The second kappa shape index (κ2) is 10.1. The highest BCUT2D eigenvalue weighted by molar-refractivity contribution is 9.10. The number of carboxylic acid groups (broad SMARTS) is 1. The summed E-state index contributed by atoms with van der Waals surface area (Å²) in [7, 11) is 0. The molecule has 1 unspecified atom stereocenters. The predicted molar refractivity (Wildman–Crippen MR) is 109 cm³/mol. The molecule has 0 aliphatic heterocycles. The van der Waals surface area contributed by atoms with Gasteiger partial charge in [-0.05, 0) is 19.1 Å². The highest BCUT2D eigenvalue weighted by Gasteiger charge is 2.38. The normalized spacial score (nSPS) is 12.9. The van der Waals surface area contributed by atoms with Gasteiger partial charge in [-0.1, -0.05) is 28.1 Å². The molecule has 0 fully saturated rings. The van der Waals surface area contributed by atoms with E-state index in [1.54, 1.807) is 42.5 Å². The van der Waals surface area contributed by atoms with Gasteiger partial charge < -0.3 is 19.3 Å². The minimum absolute atomic E-state index is 0.291. The maximum atomic E-state index is 12.0. The summed E-state index contributed by atoms with van der Waals surface area (Å²) < 4.78 is 17.8. The van der Waals surface area contributed by atoms with Crippen molar-refractivity contribution in [3.05, 3.63) is 52.5 Å². The van der Waals surface area contributed by atoms with E-state index in [4.69, 9.17) is 37.4 Å². The number of aliphatic carboxylic acids is 1. The van der Waals surface area contributed by atoms with Crippen molar-refractivity contribution in [2.24, 2.45) is 0 Å². The Bertz CT molecular complexity index is 743. The zero-order chi connectivity index (χ0) is 19.9. The van der Waals surface area contributed by atoms with Gasteiger partial charge in [0.25, 0.3) is 0 Å². The second-order valence-electron chi connectivity index (χ2n) is 5.66. The Balaban J connectivity index is 2.37. The van der Waals surface area contributed by atoms with Crippen molar-refractivity contribution in [1.82, 2.24) is 0 Å². The first-order valence-electron chi connectivity index (χ1n) is 8.10. The summed E-state index contributed by atoms with van der Waals surface area (Å²) in [5.74, 6) is 0.714. The van der Waals surface area contributed by atoms with Crippen molar-refractivity contribution in [2.45, 2.75) is 12.5 Å². The van der Waals surface area contributed by atoms with E-state index in [0.717, 1.165) is 4.47 Å². The monoisotopic (exact) mass is 476 g/mol. The van der Waals surface area contributed by atoms with Gasteiger partial charge in [0.15, 0.2) is 0 Å². The third-order valence-electron chi connectivity index (χ3n) is 3.67. The Hall–Kier alpha value is -1.63. The number of alkyl halides is 2. The molecule has 2 rings (SSSR count).